The fourth-order valence-electron chi connectivity index (χ4n) is 4.67. The maximum atomic E-state index is 12.5. The number of carboxylic acids is 1. The van der Waals surface area contributed by atoms with Crippen molar-refractivity contribution in [3.63, 3.8) is 0 Å². The molecule has 1 N–H and O–H groups in total. The van der Waals surface area contributed by atoms with Crippen LogP contribution in [0.25, 0.3) is 22.0 Å². The molecule has 1 saturated carbocycles. The first kappa shape index (κ1) is 21.8. The maximum absolute atomic E-state index is 12.5. The van der Waals surface area contributed by atoms with E-state index in [0.29, 0.717) is 16.3 Å². The molecule has 1 atom stereocenters. The standard InChI is InChI=1S/C26H28ClNO3/c1-4-17-7-9-18(10-8-17)23-20-15-19(27)11-12-21(20)28-16(2)22(23)24(25(29)30)31-26(3)13-5-6-14-26/h7-12,15,24H,4-6,13-14H2,1-3H3,(H,29,30). The fraction of sp³-hybridized carbons (Fsp3) is 0.385. The number of fused-ring (bicyclic) bond motifs is 1. The van der Waals surface area contributed by atoms with Crippen LogP contribution in [0.2, 0.25) is 5.02 Å². The summed E-state index contributed by atoms with van der Waals surface area (Å²) in [5.74, 6) is -0.995. The Bertz CT molecular complexity index is 1120. The lowest BCUT2D eigenvalue weighted by atomic mass is 9.90. The number of nitrogens with zero attached hydrogens (tertiary/aromatic N) is 1. The van der Waals surface area contributed by atoms with E-state index in [2.05, 4.69) is 19.1 Å². The van der Waals surface area contributed by atoms with Gasteiger partial charge in [0.15, 0.2) is 6.10 Å². The third-order valence-corrected chi connectivity index (χ3v) is 6.61. The van der Waals surface area contributed by atoms with Crippen molar-refractivity contribution in [1.29, 1.82) is 0 Å². The molecule has 1 aliphatic carbocycles. The van der Waals surface area contributed by atoms with E-state index >= 15 is 0 Å². The summed E-state index contributed by atoms with van der Waals surface area (Å²) in [4.78, 5) is 17.2. The lowest BCUT2D eigenvalue weighted by Crippen LogP contribution is -2.31. The lowest BCUT2D eigenvalue weighted by molar-refractivity contribution is -0.163. The third kappa shape index (κ3) is 4.32. The molecule has 1 aliphatic rings. The Morgan fingerprint density at radius 1 is 1.19 bits per heavy atom. The van der Waals surface area contributed by atoms with Gasteiger partial charge in [-0.15, -0.1) is 0 Å². The van der Waals surface area contributed by atoms with E-state index in [4.69, 9.17) is 21.3 Å². The topological polar surface area (TPSA) is 59.4 Å². The molecular formula is C26H28ClNO3. The minimum atomic E-state index is -1.10. The van der Waals surface area contributed by atoms with Crippen LogP contribution in [0.3, 0.4) is 0 Å². The van der Waals surface area contributed by atoms with E-state index in [1.54, 1.807) is 0 Å². The van der Waals surface area contributed by atoms with Crippen molar-refractivity contribution in [1.82, 2.24) is 4.98 Å². The van der Waals surface area contributed by atoms with Crippen LogP contribution in [0.15, 0.2) is 42.5 Å². The summed E-state index contributed by atoms with van der Waals surface area (Å²) in [6.45, 7) is 6.00. The molecule has 1 unspecified atom stereocenters. The number of benzene rings is 2. The number of aromatic nitrogens is 1. The lowest BCUT2D eigenvalue weighted by Gasteiger charge is -2.30. The molecule has 4 rings (SSSR count). The highest BCUT2D eigenvalue weighted by atomic mass is 35.5. The second-order valence-corrected chi connectivity index (χ2v) is 9.13. The number of hydrogen-bond donors (Lipinski definition) is 1. The van der Waals surface area contributed by atoms with Gasteiger partial charge in [-0.2, -0.15) is 0 Å². The number of halogens is 1. The quantitative estimate of drug-likeness (QED) is 0.455. The van der Waals surface area contributed by atoms with E-state index in [1.165, 1.54) is 5.56 Å². The third-order valence-electron chi connectivity index (χ3n) is 6.38. The van der Waals surface area contributed by atoms with Crippen LogP contribution in [0.5, 0.6) is 0 Å². The Kier molecular flexibility index (Phi) is 6.05. The largest absolute Gasteiger partial charge is 0.479 e. The average molecular weight is 438 g/mol. The summed E-state index contributed by atoms with van der Waals surface area (Å²) in [6, 6.07) is 13.8. The van der Waals surface area contributed by atoms with E-state index in [0.717, 1.165) is 54.1 Å². The number of carboxylic acid groups (broad SMARTS) is 1. The van der Waals surface area contributed by atoms with Crippen molar-refractivity contribution < 1.29 is 14.6 Å². The van der Waals surface area contributed by atoms with Crippen molar-refractivity contribution in [3.05, 3.63) is 64.3 Å². The van der Waals surface area contributed by atoms with Gasteiger partial charge in [0.1, 0.15) is 0 Å². The zero-order chi connectivity index (χ0) is 22.2. The predicted molar refractivity (Wildman–Crippen MR) is 125 cm³/mol. The Morgan fingerprint density at radius 3 is 2.48 bits per heavy atom. The van der Waals surface area contributed by atoms with Crippen molar-refractivity contribution in [2.45, 2.75) is 64.6 Å². The van der Waals surface area contributed by atoms with Crippen molar-refractivity contribution >= 4 is 28.5 Å². The highest BCUT2D eigenvalue weighted by molar-refractivity contribution is 6.31. The normalized spacial score (nSPS) is 16.5. The minimum Gasteiger partial charge on any atom is -0.479 e. The Hall–Kier alpha value is -2.43. The first-order valence-corrected chi connectivity index (χ1v) is 11.3. The van der Waals surface area contributed by atoms with E-state index in [1.807, 2.05) is 44.2 Å². The van der Waals surface area contributed by atoms with Gasteiger partial charge in [0, 0.05) is 21.7 Å². The summed E-state index contributed by atoms with van der Waals surface area (Å²) < 4.78 is 6.34. The summed E-state index contributed by atoms with van der Waals surface area (Å²) in [6.07, 6.45) is 3.68. The van der Waals surface area contributed by atoms with Crippen LogP contribution in [0.1, 0.15) is 62.5 Å². The maximum Gasteiger partial charge on any atom is 0.337 e. The number of aryl methyl sites for hydroxylation is 2. The van der Waals surface area contributed by atoms with Crippen LogP contribution < -0.4 is 0 Å². The molecule has 0 radical (unpaired) electrons. The van der Waals surface area contributed by atoms with Gasteiger partial charge in [-0.05, 0) is 68.0 Å². The van der Waals surface area contributed by atoms with Gasteiger partial charge >= 0.3 is 5.97 Å². The molecule has 1 fully saturated rings. The van der Waals surface area contributed by atoms with E-state index < -0.39 is 17.7 Å². The fourth-order valence-corrected chi connectivity index (χ4v) is 4.84. The molecular weight excluding hydrogens is 410 g/mol. The Balaban J connectivity index is 1.98. The van der Waals surface area contributed by atoms with E-state index in [9.17, 15) is 9.90 Å². The molecule has 1 aromatic heterocycles. The van der Waals surface area contributed by atoms with E-state index in [-0.39, 0.29) is 0 Å². The number of ether oxygens (including phenoxy) is 1. The predicted octanol–water partition coefficient (Wildman–Crippen LogP) is 6.90. The zero-order valence-corrected chi connectivity index (χ0v) is 19.0. The second-order valence-electron chi connectivity index (χ2n) is 8.69. The summed E-state index contributed by atoms with van der Waals surface area (Å²) in [5.41, 5.74) is 4.62. The van der Waals surface area contributed by atoms with Crippen LogP contribution in [-0.2, 0) is 16.0 Å². The summed E-state index contributed by atoms with van der Waals surface area (Å²) in [5, 5.41) is 11.7. The van der Waals surface area contributed by atoms with Crippen LogP contribution in [-0.4, -0.2) is 21.7 Å². The molecule has 162 valence electrons. The number of carbonyl (C=O) groups is 1. The zero-order valence-electron chi connectivity index (χ0n) is 18.2. The van der Waals surface area contributed by atoms with Gasteiger partial charge in [-0.1, -0.05) is 55.6 Å². The van der Waals surface area contributed by atoms with Gasteiger partial charge in [0.2, 0.25) is 0 Å². The second kappa shape index (κ2) is 8.60. The molecule has 0 saturated heterocycles. The molecule has 1 heterocycles. The van der Waals surface area contributed by atoms with Crippen LogP contribution >= 0.6 is 11.6 Å². The first-order valence-electron chi connectivity index (χ1n) is 10.9. The first-order chi connectivity index (χ1) is 14.8. The highest BCUT2D eigenvalue weighted by Gasteiger charge is 2.38. The number of hydrogen-bond acceptors (Lipinski definition) is 3. The van der Waals surface area contributed by atoms with Gasteiger partial charge in [0.05, 0.1) is 11.1 Å². The molecule has 31 heavy (non-hydrogen) atoms. The Labute approximate surface area is 188 Å². The van der Waals surface area contributed by atoms with Crippen LogP contribution in [0, 0.1) is 6.92 Å². The molecule has 0 amide bonds. The Morgan fingerprint density at radius 2 is 1.87 bits per heavy atom. The molecule has 0 spiro atoms. The molecule has 3 aromatic rings. The number of pyridine rings is 1. The summed E-state index contributed by atoms with van der Waals surface area (Å²) >= 11 is 6.34. The molecule has 2 aromatic carbocycles. The monoisotopic (exact) mass is 437 g/mol. The molecule has 0 bridgehead atoms. The van der Waals surface area contributed by atoms with Crippen molar-refractivity contribution in [3.8, 4) is 11.1 Å². The van der Waals surface area contributed by atoms with Crippen LogP contribution in [0.4, 0.5) is 0 Å². The smallest absolute Gasteiger partial charge is 0.337 e. The number of aliphatic carboxylic acids is 1. The highest BCUT2D eigenvalue weighted by Crippen LogP contribution is 2.43. The van der Waals surface area contributed by atoms with Gasteiger partial charge in [0.25, 0.3) is 0 Å². The molecule has 4 nitrogen and oxygen atoms in total. The number of rotatable bonds is 6. The van der Waals surface area contributed by atoms with Crippen molar-refractivity contribution in [2.24, 2.45) is 0 Å². The minimum absolute atomic E-state index is 0.442. The SMILES string of the molecule is CCc1ccc(-c2c(C(OC3(C)CCCC3)C(=O)O)c(C)nc3ccc(Cl)cc23)cc1. The van der Waals surface area contributed by atoms with Gasteiger partial charge in [-0.25, -0.2) is 4.79 Å². The van der Waals surface area contributed by atoms with Gasteiger partial charge < -0.3 is 9.84 Å². The molecule has 5 heteroatoms. The van der Waals surface area contributed by atoms with Crippen molar-refractivity contribution in [2.75, 3.05) is 0 Å². The average Bonchev–Trinajstić information content (AvgIpc) is 3.18. The molecule has 0 aliphatic heterocycles. The van der Waals surface area contributed by atoms with Gasteiger partial charge in [-0.3, -0.25) is 4.98 Å². The summed E-state index contributed by atoms with van der Waals surface area (Å²) in [7, 11) is 0.